The van der Waals surface area contributed by atoms with Crippen LogP contribution >= 0.6 is 31.9 Å². The molecule has 7 nitrogen and oxygen atoms in total. The first kappa shape index (κ1) is 24.6. The fraction of sp³-hybridized carbons (Fsp3) is 0.167. The molecule has 0 spiro atoms. The Balaban J connectivity index is 1.93. The number of carboxylic acids is 1. The van der Waals surface area contributed by atoms with E-state index in [1.807, 2.05) is 30.3 Å². The second kappa shape index (κ2) is 10.7. The molecule has 0 bridgehead atoms. The predicted octanol–water partition coefficient (Wildman–Crippen LogP) is 6.39. The maximum atomic E-state index is 12.6. The molecule has 2 amide bonds. The number of carbonyl (C=O) groups excluding carboxylic acids is 1. The van der Waals surface area contributed by atoms with E-state index in [0.29, 0.717) is 31.7 Å². The summed E-state index contributed by atoms with van der Waals surface area (Å²) >= 11 is 6.92. The van der Waals surface area contributed by atoms with Gasteiger partial charge in [-0.2, -0.15) is 0 Å². The van der Waals surface area contributed by atoms with Crippen molar-refractivity contribution in [2.45, 2.75) is 19.9 Å². The molecular weight excluding hydrogens is 556 g/mol. The largest absolute Gasteiger partial charge is 0.507 e. The minimum atomic E-state index is -1.14. The van der Waals surface area contributed by atoms with Gasteiger partial charge in [0, 0.05) is 17.3 Å². The van der Waals surface area contributed by atoms with E-state index in [1.165, 1.54) is 0 Å². The van der Waals surface area contributed by atoms with Gasteiger partial charge in [0.2, 0.25) is 0 Å². The van der Waals surface area contributed by atoms with E-state index in [4.69, 9.17) is 4.74 Å². The summed E-state index contributed by atoms with van der Waals surface area (Å²) in [6.07, 6.45) is 0. The third-order valence-corrected chi connectivity index (χ3v) is 5.70. The fourth-order valence-corrected chi connectivity index (χ4v) is 4.41. The zero-order chi connectivity index (χ0) is 24.1. The molecule has 9 heteroatoms. The van der Waals surface area contributed by atoms with E-state index in [-0.39, 0.29) is 11.8 Å². The highest BCUT2D eigenvalue weighted by Crippen LogP contribution is 2.42. The van der Waals surface area contributed by atoms with Gasteiger partial charge in [-0.1, -0.05) is 30.3 Å². The molecule has 3 rings (SSSR count). The van der Waals surface area contributed by atoms with Crippen molar-refractivity contribution in [1.29, 1.82) is 0 Å². The molecule has 0 fully saturated rings. The molecule has 0 unspecified atom stereocenters. The van der Waals surface area contributed by atoms with Crippen LogP contribution < -0.4 is 15.0 Å². The quantitative estimate of drug-likeness (QED) is 0.302. The molecule has 0 heterocycles. The minimum absolute atomic E-state index is 0.127. The number of nitrogens with zero attached hydrogens (tertiary/aromatic N) is 1. The summed E-state index contributed by atoms with van der Waals surface area (Å²) < 4.78 is 7.07. The van der Waals surface area contributed by atoms with Crippen molar-refractivity contribution in [2.24, 2.45) is 0 Å². The van der Waals surface area contributed by atoms with Gasteiger partial charge in [0.1, 0.15) is 18.0 Å². The van der Waals surface area contributed by atoms with Crippen LogP contribution in [0.3, 0.4) is 0 Å². The SMILES string of the molecule is CC(C)NC(=O)N(CC(=O)O)c1cc(Br)c(Oc2ccc(O)c(-c3ccccc3)c2)c(Br)c1. The van der Waals surface area contributed by atoms with Crippen molar-refractivity contribution in [3.8, 4) is 28.4 Å². The zero-order valence-electron chi connectivity index (χ0n) is 17.9. The number of amides is 2. The molecule has 0 atom stereocenters. The van der Waals surface area contributed by atoms with E-state index in [2.05, 4.69) is 37.2 Å². The molecule has 0 aliphatic carbocycles. The Bertz CT molecular complexity index is 1150. The number of phenolic OH excluding ortho intramolecular Hbond substituents is 1. The molecule has 0 saturated carbocycles. The number of anilines is 1. The highest BCUT2D eigenvalue weighted by molar-refractivity contribution is 9.11. The van der Waals surface area contributed by atoms with Crippen LogP contribution in [0.2, 0.25) is 0 Å². The fourth-order valence-electron chi connectivity index (χ4n) is 3.09. The van der Waals surface area contributed by atoms with Gasteiger partial charge in [-0.25, -0.2) is 4.79 Å². The smallest absolute Gasteiger partial charge is 0.323 e. The van der Waals surface area contributed by atoms with Gasteiger partial charge in [-0.05, 0) is 81.6 Å². The van der Waals surface area contributed by atoms with E-state index in [1.54, 1.807) is 44.2 Å². The predicted molar refractivity (Wildman–Crippen MR) is 134 cm³/mol. The lowest BCUT2D eigenvalue weighted by atomic mass is 10.0. The van der Waals surface area contributed by atoms with Crippen molar-refractivity contribution in [2.75, 3.05) is 11.4 Å². The lowest BCUT2D eigenvalue weighted by Crippen LogP contribution is -2.45. The lowest BCUT2D eigenvalue weighted by molar-refractivity contribution is -0.135. The van der Waals surface area contributed by atoms with Crippen molar-refractivity contribution in [1.82, 2.24) is 5.32 Å². The van der Waals surface area contributed by atoms with Crippen LogP contribution in [-0.4, -0.2) is 34.8 Å². The van der Waals surface area contributed by atoms with Crippen molar-refractivity contribution in [3.05, 3.63) is 69.6 Å². The molecule has 0 aliphatic rings. The summed E-state index contributed by atoms with van der Waals surface area (Å²) in [5.74, 6) is -0.0924. The van der Waals surface area contributed by atoms with E-state index in [0.717, 1.165) is 10.5 Å². The number of phenols is 1. The standard InChI is InChI=1S/C24H22Br2N2O5/c1-14(2)27-24(32)28(13-22(30)31)16-10-19(25)23(20(26)11-16)33-17-8-9-21(29)18(12-17)15-6-4-3-5-7-15/h3-12,14,29H,13H2,1-2H3,(H,27,32)(H,30,31). The number of nitrogens with one attached hydrogen (secondary N) is 1. The van der Waals surface area contributed by atoms with Crippen LogP contribution in [0.1, 0.15) is 13.8 Å². The lowest BCUT2D eigenvalue weighted by Gasteiger charge is -2.24. The van der Waals surface area contributed by atoms with Gasteiger partial charge in [0.05, 0.1) is 8.95 Å². The number of benzene rings is 3. The second-order valence-electron chi connectivity index (χ2n) is 7.47. The summed E-state index contributed by atoms with van der Waals surface area (Å²) in [6.45, 7) is 3.08. The molecule has 0 aliphatic heterocycles. The van der Waals surface area contributed by atoms with Gasteiger partial charge >= 0.3 is 12.0 Å². The molecule has 3 aromatic rings. The first-order valence-electron chi connectivity index (χ1n) is 10.0. The summed E-state index contributed by atoms with van der Waals surface area (Å²) in [7, 11) is 0. The maximum absolute atomic E-state index is 12.6. The number of carbonyl (C=O) groups is 2. The minimum Gasteiger partial charge on any atom is -0.507 e. The first-order valence-corrected chi connectivity index (χ1v) is 11.6. The average Bonchev–Trinajstić information content (AvgIpc) is 2.75. The summed E-state index contributed by atoms with van der Waals surface area (Å²) in [5.41, 5.74) is 1.83. The number of hydrogen-bond donors (Lipinski definition) is 3. The molecule has 172 valence electrons. The number of aromatic hydroxyl groups is 1. The highest BCUT2D eigenvalue weighted by atomic mass is 79.9. The first-order chi connectivity index (χ1) is 15.7. The molecule has 0 radical (unpaired) electrons. The second-order valence-corrected chi connectivity index (χ2v) is 9.18. The molecule has 0 saturated heterocycles. The molecular formula is C24H22Br2N2O5. The van der Waals surface area contributed by atoms with E-state index >= 15 is 0 Å². The van der Waals surface area contributed by atoms with Crippen LogP contribution in [0.5, 0.6) is 17.2 Å². The molecule has 3 N–H and O–H groups in total. The number of urea groups is 1. The Labute approximate surface area is 208 Å². The van der Waals surface area contributed by atoms with Crippen LogP contribution in [0.15, 0.2) is 69.6 Å². The van der Waals surface area contributed by atoms with Gasteiger partial charge in [0.25, 0.3) is 0 Å². The number of hydrogen-bond acceptors (Lipinski definition) is 4. The average molecular weight is 578 g/mol. The number of halogens is 2. The van der Waals surface area contributed by atoms with Crippen molar-refractivity contribution >= 4 is 49.5 Å². The zero-order valence-corrected chi connectivity index (χ0v) is 21.1. The van der Waals surface area contributed by atoms with Crippen LogP contribution in [-0.2, 0) is 4.79 Å². The summed E-state index contributed by atoms with van der Waals surface area (Å²) in [6, 6.07) is 16.9. The number of rotatable bonds is 7. The third-order valence-electron chi connectivity index (χ3n) is 4.52. The number of carboxylic acid groups (broad SMARTS) is 1. The molecule has 33 heavy (non-hydrogen) atoms. The van der Waals surface area contributed by atoms with Gasteiger partial charge in [0.15, 0.2) is 5.75 Å². The Morgan fingerprint density at radius 2 is 1.67 bits per heavy atom. The Morgan fingerprint density at radius 3 is 2.24 bits per heavy atom. The number of ether oxygens (including phenoxy) is 1. The van der Waals surface area contributed by atoms with Crippen LogP contribution in [0.25, 0.3) is 11.1 Å². The Kier molecular flexibility index (Phi) is 7.99. The van der Waals surface area contributed by atoms with Crippen molar-refractivity contribution < 1.29 is 24.5 Å². The van der Waals surface area contributed by atoms with E-state index in [9.17, 15) is 19.8 Å². The van der Waals surface area contributed by atoms with Gasteiger partial charge in [-0.15, -0.1) is 0 Å². The van der Waals surface area contributed by atoms with Crippen LogP contribution in [0.4, 0.5) is 10.5 Å². The Hall–Kier alpha value is -3.04. The number of aliphatic carboxylic acids is 1. The molecule has 0 aromatic heterocycles. The third kappa shape index (κ3) is 6.27. The van der Waals surface area contributed by atoms with Gasteiger partial charge in [-0.3, -0.25) is 9.69 Å². The Morgan fingerprint density at radius 1 is 1.03 bits per heavy atom. The van der Waals surface area contributed by atoms with E-state index < -0.39 is 18.5 Å². The van der Waals surface area contributed by atoms with Crippen LogP contribution in [0, 0.1) is 0 Å². The summed E-state index contributed by atoms with van der Waals surface area (Å²) in [4.78, 5) is 25.0. The van der Waals surface area contributed by atoms with Gasteiger partial charge < -0.3 is 20.3 Å². The monoisotopic (exact) mass is 576 g/mol. The normalized spacial score (nSPS) is 10.7. The highest BCUT2D eigenvalue weighted by Gasteiger charge is 2.22. The maximum Gasteiger partial charge on any atom is 0.323 e. The topological polar surface area (TPSA) is 99.1 Å². The van der Waals surface area contributed by atoms with Crippen molar-refractivity contribution in [3.63, 3.8) is 0 Å². The molecule has 3 aromatic carbocycles. The summed E-state index contributed by atoms with van der Waals surface area (Å²) in [5, 5.41) is 22.3.